The van der Waals surface area contributed by atoms with Crippen LogP contribution in [-0.4, -0.2) is 24.3 Å². The quantitative estimate of drug-likeness (QED) is 0.593. The van der Waals surface area contributed by atoms with Crippen LogP contribution in [0.5, 0.6) is 0 Å². The highest BCUT2D eigenvalue weighted by molar-refractivity contribution is 6.60. The molecule has 0 unspecified atom stereocenters. The molecule has 0 saturated heterocycles. The maximum absolute atomic E-state index is 11.6. The fourth-order valence-corrected chi connectivity index (χ4v) is 1.81. The monoisotopic (exact) mass is 229 g/mol. The number of Topliss-reactive ketones (excluding diaryl/α,β-unsaturated/α-hetero) is 2. The van der Waals surface area contributed by atoms with Gasteiger partial charge >= 0.3 is 0 Å². The summed E-state index contributed by atoms with van der Waals surface area (Å²) in [4.78, 5) is 27.0. The predicted molar refractivity (Wildman–Crippen MR) is 53.7 cm³/mol. The lowest BCUT2D eigenvalue weighted by Crippen LogP contribution is -2.23. The molecule has 0 atom stereocenters. The maximum Gasteiger partial charge on any atom is 0.207 e. The van der Waals surface area contributed by atoms with Crippen molar-refractivity contribution >= 4 is 41.0 Å². The van der Waals surface area contributed by atoms with Crippen LogP contribution < -0.4 is 0 Å². The van der Waals surface area contributed by atoms with Crippen molar-refractivity contribution in [1.82, 2.24) is 0 Å². The molecule has 0 fully saturated rings. The average molecular weight is 230 g/mol. The lowest BCUT2D eigenvalue weighted by atomic mass is 9.91. The molecular weight excluding hydrogens is 225 g/mol. The SMILES string of the molecule is O=C1C(Cl)=C(Cl)C(=O)C2=C1C=NCC2. The van der Waals surface area contributed by atoms with Gasteiger partial charge in [-0.1, -0.05) is 23.2 Å². The number of carbonyl (C=O) groups excluding carboxylic acids is 2. The molecule has 0 aromatic heterocycles. The third-order valence-electron chi connectivity index (χ3n) is 2.15. The number of nitrogens with zero attached hydrogens (tertiary/aromatic N) is 1. The Labute approximate surface area is 90.1 Å². The van der Waals surface area contributed by atoms with E-state index in [4.69, 9.17) is 23.2 Å². The average Bonchev–Trinajstić information content (AvgIpc) is 2.23. The van der Waals surface area contributed by atoms with Gasteiger partial charge in [0.15, 0.2) is 0 Å². The summed E-state index contributed by atoms with van der Waals surface area (Å²) < 4.78 is 0. The zero-order valence-corrected chi connectivity index (χ0v) is 8.52. The van der Waals surface area contributed by atoms with Crippen LogP contribution in [0, 0.1) is 0 Å². The number of hydrogen-bond donors (Lipinski definition) is 0. The zero-order chi connectivity index (χ0) is 10.3. The van der Waals surface area contributed by atoms with Crippen molar-refractivity contribution in [1.29, 1.82) is 0 Å². The summed E-state index contributed by atoms with van der Waals surface area (Å²) >= 11 is 11.2. The number of hydrogen-bond acceptors (Lipinski definition) is 3. The molecule has 5 heteroatoms. The standard InChI is InChI=1S/C9H5Cl2NO2/c10-6-7(11)9(14)5-3-12-2-1-4(5)8(6)13/h3H,1-2H2. The van der Waals surface area contributed by atoms with E-state index in [0.29, 0.717) is 18.5 Å². The minimum absolute atomic E-state index is 0.175. The topological polar surface area (TPSA) is 46.5 Å². The molecule has 14 heavy (non-hydrogen) atoms. The number of dihydropyridines is 1. The second-order valence-electron chi connectivity index (χ2n) is 2.96. The summed E-state index contributed by atoms with van der Waals surface area (Å²) in [6.07, 6.45) is 1.85. The minimum atomic E-state index is -0.408. The molecule has 0 aromatic rings. The van der Waals surface area contributed by atoms with Gasteiger partial charge in [0.1, 0.15) is 10.1 Å². The van der Waals surface area contributed by atoms with E-state index < -0.39 is 5.78 Å². The van der Waals surface area contributed by atoms with Crippen molar-refractivity contribution in [2.45, 2.75) is 6.42 Å². The maximum atomic E-state index is 11.6. The fourth-order valence-electron chi connectivity index (χ4n) is 1.43. The van der Waals surface area contributed by atoms with Gasteiger partial charge in [-0.05, 0) is 6.42 Å². The number of allylic oxidation sites excluding steroid dienone is 3. The van der Waals surface area contributed by atoms with E-state index in [2.05, 4.69) is 4.99 Å². The van der Waals surface area contributed by atoms with Crippen molar-refractivity contribution < 1.29 is 9.59 Å². The van der Waals surface area contributed by atoms with Gasteiger partial charge in [-0.3, -0.25) is 14.6 Å². The Kier molecular flexibility index (Phi) is 2.29. The highest BCUT2D eigenvalue weighted by Gasteiger charge is 2.32. The molecule has 0 radical (unpaired) electrons. The largest absolute Gasteiger partial charge is 0.292 e. The van der Waals surface area contributed by atoms with Crippen molar-refractivity contribution in [3.05, 3.63) is 21.2 Å². The first-order valence-corrected chi connectivity index (χ1v) is 4.76. The molecule has 1 aliphatic heterocycles. The van der Waals surface area contributed by atoms with E-state index in [9.17, 15) is 9.59 Å². The van der Waals surface area contributed by atoms with Gasteiger partial charge in [0.25, 0.3) is 0 Å². The van der Waals surface area contributed by atoms with Crippen LogP contribution in [0.3, 0.4) is 0 Å². The van der Waals surface area contributed by atoms with Gasteiger partial charge in [0.05, 0.1) is 0 Å². The molecule has 3 nitrogen and oxygen atoms in total. The van der Waals surface area contributed by atoms with Gasteiger partial charge in [0, 0.05) is 23.9 Å². The van der Waals surface area contributed by atoms with Crippen molar-refractivity contribution in [3.63, 3.8) is 0 Å². The molecule has 2 rings (SSSR count). The Morgan fingerprint density at radius 3 is 2.50 bits per heavy atom. The number of halogens is 2. The predicted octanol–water partition coefficient (Wildman–Crippen LogP) is 1.60. The van der Waals surface area contributed by atoms with E-state index in [1.807, 2.05) is 0 Å². The van der Waals surface area contributed by atoms with Crippen LogP contribution in [-0.2, 0) is 9.59 Å². The second kappa shape index (κ2) is 3.33. The third kappa shape index (κ3) is 1.24. The van der Waals surface area contributed by atoms with Crippen LogP contribution >= 0.6 is 23.2 Å². The molecule has 0 spiro atoms. The molecular formula is C9H5Cl2NO2. The molecule has 1 heterocycles. The van der Waals surface area contributed by atoms with Gasteiger partial charge in [-0.25, -0.2) is 0 Å². The van der Waals surface area contributed by atoms with Gasteiger partial charge in [-0.15, -0.1) is 0 Å². The lowest BCUT2D eigenvalue weighted by Gasteiger charge is -2.17. The van der Waals surface area contributed by atoms with Crippen LogP contribution in [0.1, 0.15) is 6.42 Å². The molecule has 0 bridgehead atoms. The fraction of sp³-hybridized carbons (Fsp3) is 0.222. The van der Waals surface area contributed by atoms with Gasteiger partial charge in [0.2, 0.25) is 11.6 Å². The Balaban J connectivity index is 2.57. The molecule has 0 amide bonds. The van der Waals surface area contributed by atoms with E-state index >= 15 is 0 Å². The summed E-state index contributed by atoms with van der Waals surface area (Å²) in [5.74, 6) is -0.757. The Morgan fingerprint density at radius 1 is 1.14 bits per heavy atom. The molecule has 0 aromatic carbocycles. The van der Waals surface area contributed by atoms with Gasteiger partial charge < -0.3 is 0 Å². The molecule has 72 valence electrons. The summed E-state index contributed by atoms with van der Waals surface area (Å²) in [6, 6.07) is 0. The Bertz CT molecular complexity index is 432. The number of rotatable bonds is 0. The number of carbonyl (C=O) groups is 2. The second-order valence-corrected chi connectivity index (χ2v) is 3.72. The van der Waals surface area contributed by atoms with Gasteiger partial charge in [-0.2, -0.15) is 0 Å². The summed E-state index contributed by atoms with van der Waals surface area (Å²) in [6.45, 7) is 0.514. The highest BCUT2D eigenvalue weighted by atomic mass is 35.5. The van der Waals surface area contributed by atoms with E-state index in [-0.39, 0.29) is 21.4 Å². The zero-order valence-electron chi connectivity index (χ0n) is 7.01. The van der Waals surface area contributed by atoms with Crippen molar-refractivity contribution in [2.24, 2.45) is 4.99 Å². The number of aliphatic imine (C=N–C) groups is 1. The minimum Gasteiger partial charge on any atom is -0.292 e. The molecule has 0 saturated carbocycles. The lowest BCUT2D eigenvalue weighted by molar-refractivity contribution is -0.115. The molecule has 0 N–H and O–H groups in total. The van der Waals surface area contributed by atoms with Crippen molar-refractivity contribution in [3.8, 4) is 0 Å². The Hall–Kier alpha value is -0.930. The smallest absolute Gasteiger partial charge is 0.207 e. The summed E-state index contributed by atoms with van der Waals surface area (Å²) in [7, 11) is 0. The van der Waals surface area contributed by atoms with Crippen LogP contribution in [0.25, 0.3) is 0 Å². The first-order valence-electron chi connectivity index (χ1n) is 4.00. The first-order chi connectivity index (χ1) is 6.63. The highest BCUT2D eigenvalue weighted by Crippen LogP contribution is 2.31. The van der Waals surface area contributed by atoms with E-state index in [1.165, 1.54) is 6.21 Å². The Morgan fingerprint density at radius 2 is 1.79 bits per heavy atom. The summed E-state index contributed by atoms with van der Waals surface area (Å²) in [5.41, 5.74) is 0.718. The van der Waals surface area contributed by atoms with Crippen LogP contribution in [0.2, 0.25) is 0 Å². The normalized spacial score (nSPS) is 21.9. The van der Waals surface area contributed by atoms with E-state index in [0.717, 1.165) is 0 Å². The molecule has 2 aliphatic rings. The van der Waals surface area contributed by atoms with Crippen LogP contribution in [0.15, 0.2) is 26.2 Å². The van der Waals surface area contributed by atoms with E-state index in [1.54, 1.807) is 0 Å². The summed E-state index contributed by atoms with van der Waals surface area (Å²) in [5, 5.41) is -0.380. The first kappa shape index (κ1) is 9.62. The van der Waals surface area contributed by atoms with Crippen molar-refractivity contribution in [2.75, 3.05) is 6.54 Å². The number of ketones is 2. The third-order valence-corrected chi connectivity index (χ3v) is 2.96. The molecule has 1 aliphatic carbocycles. The van der Waals surface area contributed by atoms with Crippen LogP contribution in [0.4, 0.5) is 0 Å².